The van der Waals surface area contributed by atoms with Gasteiger partial charge in [-0.25, -0.2) is 0 Å². The Balaban J connectivity index is 2.77. The molecule has 0 fully saturated rings. The van der Waals surface area contributed by atoms with Gasteiger partial charge in [-0.2, -0.15) is 0 Å². The van der Waals surface area contributed by atoms with Crippen molar-refractivity contribution in [2.75, 3.05) is 20.2 Å². The van der Waals surface area contributed by atoms with Gasteiger partial charge >= 0.3 is 0 Å². The molecule has 0 aromatic heterocycles. The van der Waals surface area contributed by atoms with Crippen LogP contribution in [-0.2, 0) is 11.3 Å². The molecule has 0 spiro atoms. The van der Waals surface area contributed by atoms with E-state index in [1.165, 1.54) is 0 Å². The highest BCUT2D eigenvalue weighted by atomic mass is 16.5. The number of para-hydroxylation sites is 1. The van der Waals surface area contributed by atoms with E-state index in [9.17, 15) is 9.90 Å². The van der Waals surface area contributed by atoms with Gasteiger partial charge in [-0.3, -0.25) is 9.69 Å². The molecule has 0 atom stereocenters. The van der Waals surface area contributed by atoms with Crippen LogP contribution >= 0.6 is 0 Å². The number of phenols is 1. The lowest BCUT2D eigenvalue weighted by molar-refractivity contribution is -0.118. The van der Waals surface area contributed by atoms with Crippen LogP contribution in [0.15, 0.2) is 18.2 Å². The van der Waals surface area contributed by atoms with Crippen LogP contribution in [0, 0.1) is 0 Å². The Morgan fingerprint density at radius 1 is 1.53 bits per heavy atom. The molecule has 5 nitrogen and oxygen atoms in total. The van der Waals surface area contributed by atoms with Crippen molar-refractivity contribution in [3.63, 3.8) is 0 Å². The Hall–Kier alpha value is -1.75. The predicted molar refractivity (Wildman–Crippen MR) is 64.8 cm³/mol. The van der Waals surface area contributed by atoms with Crippen LogP contribution in [0.3, 0.4) is 0 Å². The second kappa shape index (κ2) is 6.10. The first-order valence-corrected chi connectivity index (χ1v) is 5.45. The van der Waals surface area contributed by atoms with E-state index in [2.05, 4.69) is 0 Å². The Bertz CT molecular complexity index is 393. The number of ether oxygens (including phenoxy) is 1. The van der Waals surface area contributed by atoms with Crippen LogP contribution in [-0.4, -0.2) is 36.1 Å². The maximum absolute atomic E-state index is 10.7. The summed E-state index contributed by atoms with van der Waals surface area (Å²) >= 11 is 0. The number of carbonyl (C=O) groups is 1. The van der Waals surface area contributed by atoms with Crippen molar-refractivity contribution in [3.8, 4) is 11.5 Å². The lowest BCUT2D eigenvalue weighted by Crippen LogP contribution is -2.30. The number of phenolic OH excluding ortho intramolecular Hbond substituents is 1. The summed E-state index contributed by atoms with van der Waals surface area (Å²) in [6.07, 6.45) is 0. The zero-order chi connectivity index (χ0) is 12.8. The molecule has 94 valence electrons. The van der Waals surface area contributed by atoms with Crippen molar-refractivity contribution in [3.05, 3.63) is 23.8 Å². The number of nitrogens with two attached hydrogens (primary N) is 1. The number of likely N-dealkylation sites (N-methyl/N-ethyl adjacent to an activating group) is 1. The van der Waals surface area contributed by atoms with Crippen LogP contribution in [0.25, 0.3) is 0 Å². The molecule has 17 heavy (non-hydrogen) atoms. The first kappa shape index (κ1) is 13.3. The number of carbonyl (C=O) groups excluding carboxylic acids is 1. The zero-order valence-corrected chi connectivity index (χ0v) is 10.1. The standard InChI is InChI=1S/C12H18N2O3/c1-3-17-10-6-4-5-9(12(10)16)7-14(2)8-11(13)15/h4-6,16H,3,7-8H2,1-2H3,(H2,13,15). The average Bonchev–Trinajstić information content (AvgIpc) is 2.23. The van der Waals surface area contributed by atoms with Gasteiger partial charge in [0.15, 0.2) is 11.5 Å². The number of amides is 1. The summed E-state index contributed by atoms with van der Waals surface area (Å²) in [4.78, 5) is 12.5. The van der Waals surface area contributed by atoms with E-state index in [0.29, 0.717) is 24.5 Å². The third-order valence-electron chi connectivity index (χ3n) is 2.25. The zero-order valence-electron chi connectivity index (χ0n) is 10.1. The molecule has 0 aliphatic rings. The van der Waals surface area contributed by atoms with Crippen molar-refractivity contribution in [1.29, 1.82) is 0 Å². The minimum Gasteiger partial charge on any atom is -0.504 e. The summed E-state index contributed by atoms with van der Waals surface area (Å²) in [6, 6.07) is 5.30. The maximum Gasteiger partial charge on any atom is 0.231 e. The highest BCUT2D eigenvalue weighted by Crippen LogP contribution is 2.30. The lowest BCUT2D eigenvalue weighted by atomic mass is 10.1. The third kappa shape index (κ3) is 3.96. The Morgan fingerprint density at radius 2 is 2.24 bits per heavy atom. The van der Waals surface area contributed by atoms with Gasteiger partial charge in [0.05, 0.1) is 13.2 Å². The molecule has 0 unspecified atom stereocenters. The molecule has 0 heterocycles. The van der Waals surface area contributed by atoms with Gasteiger partial charge in [-0.1, -0.05) is 12.1 Å². The average molecular weight is 238 g/mol. The molecule has 0 saturated heterocycles. The topological polar surface area (TPSA) is 75.8 Å². The molecule has 1 rings (SSSR count). The van der Waals surface area contributed by atoms with E-state index in [-0.39, 0.29) is 12.3 Å². The van der Waals surface area contributed by atoms with Crippen molar-refractivity contribution >= 4 is 5.91 Å². The molecule has 5 heteroatoms. The van der Waals surface area contributed by atoms with E-state index in [0.717, 1.165) is 0 Å². The Morgan fingerprint density at radius 3 is 2.82 bits per heavy atom. The monoisotopic (exact) mass is 238 g/mol. The first-order chi connectivity index (χ1) is 8.04. The highest BCUT2D eigenvalue weighted by Gasteiger charge is 2.10. The molecular formula is C12H18N2O3. The summed E-state index contributed by atoms with van der Waals surface area (Å²) in [6.45, 7) is 2.94. The van der Waals surface area contributed by atoms with Crippen molar-refractivity contribution < 1.29 is 14.6 Å². The largest absolute Gasteiger partial charge is 0.504 e. The quantitative estimate of drug-likeness (QED) is 0.765. The van der Waals surface area contributed by atoms with Gasteiger partial charge in [-0.05, 0) is 20.0 Å². The summed E-state index contributed by atoms with van der Waals surface area (Å²) in [5.41, 5.74) is 5.80. The van der Waals surface area contributed by atoms with E-state index < -0.39 is 5.91 Å². The molecule has 1 aromatic carbocycles. The van der Waals surface area contributed by atoms with Gasteiger partial charge in [0.1, 0.15) is 0 Å². The van der Waals surface area contributed by atoms with E-state index in [1.54, 1.807) is 30.1 Å². The summed E-state index contributed by atoms with van der Waals surface area (Å²) in [7, 11) is 1.76. The number of aromatic hydroxyl groups is 1. The number of benzene rings is 1. The van der Waals surface area contributed by atoms with Crippen LogP contribution < -0.4 is 10.5 Å². The molecule has 0 saturated carbocycles. The van der Waals surface area contributed by atoms with Gasteiger partial charge in [-0.15, -0.1) is 0 Å². The van der Waals surface area contributed by atoms with Gasteiger partial charge in [0.25, 0.3) is 0 Å². The maximum atomic E-state index is 10.7. The highest BCUT2D eigenvalue weighted by molar-refractivity contribution is 5.75. The fourth-order valence-corrected chi connectivity index (χ4v) is 1.58. The molecule has 0 aliphatic heterocycles. The minimum absolute atomic E-state index is 0.116. The molecule has 3 N–H and O–H groups in total. The SMILES string of the molecule is CCOc1cccc(CN(C)CC(N)=O)c1O. The Kier molecular flexibility index (Phi) is 4.78. The van der Waals surface area contributed by atoms with Gasteiger partial charge in [0, 0.05) is 12.1 Å². The van der Waals surface area contributed by atoms with Crippen molar-refractivity contribution in [2.45, 2.75) is 13.5 Å². The van der Waals surface area contributed by atoms with Crippen LogP contribution in [0.1, 0.15) is 12.5 Å². The number of primary amides is 1. The second-order valence-corrected chi connectivity index (χ2v) is 3.84. The number of nitrogens with zero attached hydrogens (tertiary/aromatic N) is 1. The minimum atomic E-state index is -0.395. The van der Waals surface area contributed by atoms with Gasteiger partial charge in [0.2, 0.25) is 5.91 Å². The fourth-order valence-electron chi connectivity index (χ4n) is 1.58. The molecule has 1 amide bonds. The van der Waals surface area contributed by atoms with Gasteiger partial charge < -0.3 is 15.6 Å². The van der Waals surface area contributed by atoms with Crippen LogP contribution in [0.4, 0.5) is 0 Å². The van der Waals surface area contributed by atoms with Crippen molar-refractivity contribution in [1.82, 2.24) is 4.90 Å². The predicted octanol–water partition coefficient (Wildman–Crippen LogP) is 0.708. The molecule has 0 aliphatic carbocycles. The van der Waals surface area contributed by atoms with Crippen molar-refractivity contribution in [2.24, 2.45) is 5.73 Å². The number of hydrogen-bond acceptors (Lipinski definition) is 4. The summed E-state index contributed by atoms with van der Waals surface area (Å²) in [5, 5.41) is 9.94. The van der Waals surface area contributed by atoms with E-state index >= 15 is 0 Å². The molecule has 0 radical (unpaired) electrons. The first-order valence-electron chi connectivity index (χ1n) is 5.45. The Labute approximate surface area is 101 Å². The lowest BCUT2D eigenvalue weighted by Gasteiger charge is -2.16. The summed E-state index contributed by atoms with van der Waals surface area (Å²) < 4.78 is 5.28. The van der Waals surface area contributed by atoms with Crippen LogP contribution in [0.2, 0.25) is 0 Å². The molecule has 1 aromatic rings. The second-order valence-electron chi connectivity index (χ2n) is 3.84. The normalized spacial score (nSPS) is 10.5. The van der Waals surface area contributed by atoms with E-state index in [1.807, 2.05) is 6.92 Å². The van der Waals surface area contributed by atoms with E-state index in [4.69, 9.17) is 10.5 Å². The number of hydrogen-bond donors (Lipinski definition) is 2. The van der Waals surface area contributed by atoms with Crippen LogP contribution in [0.5, 0.6) is 11.5 Å². The molecule has 0 bridgehead atoms. The summed E-state index contributed by atoms with van der Waals surface area (Å²) in [5.74, 6) is 0.177. The smallest absolute Gasteiger partial charge is 0.231 e. The number of rotatable bonds is 6. The third-order valence-corrected chi connectivity index (χ3v) is 2.25. The fraction of sp³-hybridized carbons (Fsp3) is 0.417. The molecular weight excluding hydrogens is 220 g/mol.